The van der Waals surface area contributed by atoms with Crippen LogP contribution in [0.1, 0.15) is 89.9 Å². The third-order valence-corrected chi connectivity index (χ3v) is 5.56. The lowest BCUT2D eigenvalue weighted by Crippen LogP contribution is -2.15. The molecule has 0 aromatic rings. The van der Waals surface area contributed by atoms with Crippen LogP contribution < -0.4 is 0 Å². The van der Waals surface area contributed by atoms with Gasteiger partial charge in [-0.15, -0.1) is 0 Å². The van der Waals surface area contributed by atoms with Gasteiger partial charge >= 0.3 is 11.9 Å². The molecule has 0 aromatic heterocycles. The Bertz CT molecular complexity index is 332. The summed E-state index contributed by atoms with van der Waals surface area (Å²) in [6, 6.07) is 0. The van der Waals surface area contributed by atoms with Gasteiger partial charge in [-0.2, -0.15) is 0 Å². The van der Waals surface area contributed by atoms with Crippen molar-refractivity contribution in [2.45, 2.75) is 89.9 Å². The monoisotopic (exact) mass is 338 g/mol. The summed E-state index contributed by atoms with van der Waals surface area (Å²) in [5, 5.41) is 0. The van der Waals surface area contributed by atoms with E-state index < -0.39 is 0 Å². The molecule has 4 heteroatoms. The minimum atomic E-state index is -0.268. The highest BCUT2D eigenvalue weighted by atomic mass is 16.5. The quantitative estimate of drug-likeness (QED) is 0.567. The summed E-state index contributed by atoms with van der Waals surface area (Å²) in [4.78, 5) is 23.4. The minimum Gasteiger partial charge on any atom is -0.466 e. The second-order valence-corrected chi connectivity index (χ2v) is 7.53. The van der Waals surface area contributed by atoms with E-state index in [4.69, 9.17) is 9.47 Å². The van der Waals surface area contributed by atoms with Crippen LogP contribution in [0.5, 0.6) is 0 Å². The lowest BCUT2D eigenvalue weighted by atomic mass is 9.87. The molecule has 2 saturated carbocycles. The van der Waals surface area contributed by atoms with E-state index >= 15 is 0 Å². The molecule has 2 aliphatic carbocycles. The highest BCUT2D eigenvalue weighted by molar-refractivity contribution is 5.77. The van der Waals surface area contributed by atoms with Gasteiger partial charge in [0.2, 0.25) is 0 Å². The molecule has 0 aromatic carbocycles. The largest absolute Gasteiger partial charge is 0.466 e. The van der Waals surface area contributed by atoms with Gasteiger partial charge in [0.25, 0.3) is 0 Å². The highest BCUT2D eigenvalue weighted by Gasteiger charge is 2.16. The van der Waals surface area contributed by atoms with Crippen molar-refractivity contribution in [3.05, 3.63) is 0 Å². The van der Waals surface area contributed by atoms with Gasteiger partial charge in [-0.1, -0.05) is 64.2 Å². The fourth-order valence-corrected chi connectivity index (χ4v) is 3.98. The first-order valence-electron chi connectivity index (χ1n) is 10.1. The molecule has 2 aliphatic rings. The Morgan fingerprint density at radius 1 is 0.625 bits per heavy atom. The smallest absolute Gasteiger partial charge is 0.306 e. The van der Waals surface area contributed by atoms with Crippen LogP contribution in [0.25, 0.3) is 0 Å². The molecule has 0 unspecified atom stereocenters. The lowest BCUT2D eigenvalue weighted by molar-refractivity contribution is -0.150. The van der Waals surface area contributed by atoms with E-state index in [1.54, 1.807) is 0 Å². The maximum absolute atomic E-state index is 11.7. The third kappa shape index (κ3) is 8.16. The van der Waals surface area contributed by atoms with E-state index in [-0.39, 0.29) is 24.8 Å². The fourth-order valence-electron chi connectivity index (χ4n) is 3.98. The van der Waals surface area contributed by atoms with E-state index in [9.17, 15) is 9.59 Å². The van der Waals surface area contributed by atoms with Gasteiger partial charge in [0, 0.05) is 0 Å². The number of hydrogen-bond donors (Lipinski definition) is 0. The van der Waals surface area contributed by atoms with Crippen LogP contribution in [0.3, 0.4) is 0 Å². The van der Waals surface area contributed by atoms with Gasteiger partial charge in [0.05, 0.1) is 26.1 Å². The topological polar surface area (TPSA) is 52.6 Å². The molecule has 2 fully saturated rings. The zero-order valence-corrected chi connectivity index (χ0v) is 15.1. The molecule has 0 heterocycles. The Labute approximate surface area is 146 Å². The predicted octanol–water partition coefficient (Wildman–Crippen LogP) is 4.79. The molecule has 0 aliphatic heterocycles. The van der Waals surface area contributed by atoms with Crippen LogP contribution in [-0.4, -0.2) is 25.2 Å². The first-order valence-corrected chi connectivity index (χ1v) is 10.1. The van der Waals surface area contributed by atoms with Crippen molar-refractivity contribution < 1.29 is 19.1 Å². The van der Waals surface area contributed by atoms with Gasteiger partial charge in [0.1, 0.15) is 0 Å². The summed E-state index contributed by atoms with van der Waals surface area (Å²) in [5.74, 6) is 0.901. The molecule has 0 atom stereocenters. The summed E-state index contributed by atoms with van der Waals surface area (Å²) in [6.07, 6.45) is 15.2. The molecule has 2 rings (SSSR count). The summed E-state index contributed by atoms with van der Waals surface area (Å²) < 4.78 is 10.5. The molecule has 24 heavy (non-hydrogen) atoms. The standard InChI is InChI=1S/C20H34O4/c21-19(23-15-13-17-7-3-1-4-8-17)11-12-20(22)24-16-14-18-9-5-2-6-10-18/h17-18H,1-16H2. The lowest BCUT2D eigenvalue weighted by Gasteiger charge is -2.21. The second-order valence-electron chi connectivity index (χ2n) is 7.53. The zero-order valence-electron chi connectivity index (χ0n) is 15.1. The molecular weight excluding hydrogens is 304 g/mol. The molecule has 0 spiro atoms. The van der Waals surface area contributed by atoms with Crippen molar-refractivity contribution in [3.63, 3.8) is 0 Å². The van der Waals surface area contributed by atoms with Crippen LogP contribution in [0.4, 0.5) is 0 Å². The van der Waals surface area contributed by atoms with E-state index in [1.807, 2.05) is 0 Å². The minimum absolute atomic E-state index is 0.146. The average Bonchev–Trinajstić information content (AvgIpc) is 2.62. The van der Waals surface area contributed by atoms with Gasteiger partial charge in [-0.05, 0) is 24.7 Å². The van der Waals surface area contributed by atoms with Crippen LogP contribution in [0, 0.1) is 11.8 Å². The fraction of sp³-hybridized carbons (Fsp3) is 0.900. The molecule has 0 amide bonds. The van der Waals surface area contributed by atoms with Gasteiger partial charge in [0.15, 0.2) is 0 Å². The number of carbonyl (C=O) groups is 2. The molecular formula is C20H34O4. The number of carbonyl (C=O) groups excluding carboxylic acids is 2. The third-order valence-electron chi connectivity index (χ3n) is 5.56. The second kappa shape index (κ2) is 11.5. The molecule has 0 saturated heterocycles. The highest BCUT2D eigenvalue weighted by Crippen LogP contribution is 2.27. The SMILES string of the molecule is O=C(CCC(=O)OCCC1CCCCC1)OCCC1CCCCC1. The van der Waals surface area contributed by atoms with Gasteiger partial charge < -0.3 is 9.47 Å². The van der Waals surface area contributed by atoms with Gasteiger partial charge in [-0.3, -0.25) is 9.59 Å². The van der Waals surface area contributed by atoms with Gasteiger partial charge in [-0.25, -0.2) is 0 Å². The first-order chi connectivity index (χ1) is 11.7. The zero-order chi connectivity index (χ0) is 17.0. The number of hydrogen-bond acceptors (Lipinski definition) is 4. The van der Waals surface area contributed by atoms with Crippen molar-refractivity contribution in [3.8, 4) is 0 Å². The van der Waals surface area contributed by atoms with E-state index in [2.05, 4.69) is 0 Å². The predicted molar refractivity (Wildman–Crippen MR) is 93.5 cm³/mol. The summed E-state index contributed by atoms with van der Waals surface area (Å²) in [5.41, 5.74) is 0. The maximum atomic E-state index is 11.7. The number of rotatable bonds is 9. The van der Waals surface area contributed by atoms with Crippen LogP contribution in [-0.2, 0) is 19.1 Å². The molecule has 0 N–H and O–H groups in total. The average molecular weight is 338 g/mol. The van der Waals surface area contributed by atoms with Crippen LogP contribution >= 0.6 is 0 Å². The summed E-state index contributed by atoms with van der Waals surface area (Å²) in [6.45, 7) is 1.00. The Balaban J connectivity index is 1.44. The molecule has 138 valence electrons. The Hall–Kier alpha value is -1.06. The molecule has 0 bridgehead atoms. The van der Waals surface area contributed by atoms with Crippen molar-refractivity contribution in [1.29, 1.82) is 0 Å². The van der Waals surface area contributed by atoms with Crippen molar-refractivity contribution >= 4 is 11.9 Å². The van der Waals surface area contributed by atoms with Crippen LogP contribution in [0.2, 0.25) is 0 Å². The number of esters is 2. The van der Waals surface area contributed by atoms with Crippen LogP contribution in [0.15, 0.2) is 0 Å². The van der Waals surface area contributed by atoms with Crippen molar-refractivity contribution in [2.24, 2.45) is 11.8 Å². The van der Waals surface area contributed by atoms with E-state index in [1.165, 1.54) is 64.2 Å². The summed E-state index contributed by atoms with van der Waals surface area (Å²) in [7, 11) is 0. The van der Waals surface area contributed by atoms with Crippen molar-refractivity contribution in [2.75, 3.05) is 13.2 Å². The molecule has 0 radical (unpaired) electrons. The first kappa shape index (κ1) is 19.3. The van der Waals surface area contributed by atoms with E-state index in [0.29, 0.717) is 13.2 Å². The molecule has 4 nitrogen and oxygen atoms in total. The number of ether oxygens (including phenoxy) is 2. The van der Waals surface area contributed by atoms with Crippen molar-refractivity contribution in [1.82, 2.24) is 0 Å². The Morgan fingerprint density at radius 2 is 1.00 bits per heavy atom. The summed E-state index contributed by atoms with van der Waals surface area (Å²) >= 11 is 0. The van der Waals surface area contributed by atoms with E-state index in [0.717, 1.165) is 24.7 Å². The normalized spacial score (nSPS) is 19.8. The Morgan fingerprint density at radius 3 is 1.38 bits per heavy atom. The maximum Gasteiger partial charge on any atom is 0.306 e. The Kier molecular flexibility index (Phi) is 9.22.